The van der Waals surface area contributed by atoms with Crippen molar-refractivity contribution < 1.29 is 23.8 Å². The van der Waals surface area contributed by atoms with Crippen LogP contribution in [0.5, 0.6) is 17.2 Å². The minimum atomic E-state index is -0.467. The van der Waals surface area contributed by atoms with Crippen molar-refractivity contribution in [1.29, 1.82) is 0 Å². The molecule has 0 saturated carbocycles. The van der Waals surface area contributed by atoms with Gasteiger partial charge in [0.15, 0.2) is 6.61 Å². The predicted octanol–water partition coefficient (Wildman–Crippen LogP) is 4.88. The van der Waals surface area contributed by atoms with Crippen LogP contribution in [0.2, 0.25) is 0 Å². The Labute approximate surface area is 199 Å². The Bertz CT molecular complexity index is 1150. The number of rotatable bonds is 9. The maximum absolute atomic E-state index is 12.2. The molecule has 0 atom stereocenters. The minimum Gasteiger partial charge on any atom is -0.497 e. The Morgan fingerprint density at radius 1 is 0.971 bits per heavy atom. The van der Waals surface area contributed by atoms with Crippen LogP contribution in [-0.2, 0) is 4.79 Å². The van der Waals surface area contributed by atoms with Crippen LogP contribution in [0.1, 0.15) is 46.8 Å². The number of amides is 1. The Morgan fingerprint density at radius 2 is 1.65 bits per heavy atom. The second-order valence-electron chi connectivity index (χ2n) is 7.96. The molecule has 7 nitrogen and oxygen atoms in total. The highest BCUT2D eigenvalue weighted by Crippen LogP contribution is 2.27. The van der Waals surface area contributed by atoms with Gasteiger partial charge in [-0.05, 0) is 84.1 Å². The van der Waals surface area contributed by atoms with Crippen LogP contribution in [0.3, 0.4) is 0 Å². The van der Waals surface area contributed by atoms with E-state index in [0.29, 0.717) is 22.8 Å². The summed E-state index contributed by atoms with van der Waals surface area (Å²) in [6.45, 7) is 5.99. The number of hydrogen-bond donors (Lipinski definition) is 1. The smallest absolute Gasteiger partial charge is 0.343 e. The zero-order valence-electron chi connectivity index (χ0n) is 19.7. The van der Waals surface area contributed by atoms with E-state index in [1.807, 2.05) is 25.1 Å². The van der Waals surface area contributed by atoms with Crippen molar-refractivity contribution in [3.8, 4) is 17.2 Å². The molecule has 3 rings (SSSR count). The zero-order chi connectivity index (χ0) is 24.5. The largest absolute Gasteiger partial charge is 0.497 e. The van der Waals surface area contributed by atoms with Gasteiger partial charge in [-0.1, -0.05) is 26.0 Å². The number of aryl methyl sites for hydroxylation is 1. The summed E-state index contributed by atoms with van der Waals surface area (Å²) in [4.78, 5) is 24.3. The van der Waals surface area contributed by atoms with Crippen molar-refractivity contribution in [2.45, 2.75) is 26.7 Å². The topological polar surface area (TPSA) is 86.2 Å². The molecular formula is C27H28N2O5. The normalized spacial score (nSPS) is 10.9. The molecule has 0 spiro atoms. The van der Waals surface area contributed by atoms with Crippen LogP contribution in [0.25, 0.3) is 0 Å². The highest BCUT2D eigenvalue weighted by molar-refractivity contribution is 5.91. The van der Waals surface area contributed by atoms with Crippen molar-refractivity contribution in [3.05, 3.63) is 89.0 Å². The Kier molecular flexibility index (Phi) is 8.40. The van der Waals surface area contributed by atoms with Crippen LogP contribution in [0, 0.1) is 6.92 Å². The predicted molar refractivity (Wildman–Crippen MR) is 131 cm³/mol. The molecule has 3 aromatic carbocycles. The van der Waals surface area contributed by atoms with Crippen molar-refractivity contribution in [2.75, 3.05) is 13.7 Å². The van der Waals surface area contributed by atoms with E-state index < -0.39 is 5.97 Å². The molecule has 0 aliphatic rings. The van der Waals surface area contributed by atoms with E-state index in [-0.39, 0.29) is 18.4 Å². The van der Waals surface area contributed by atoms with Gasteiger partial charge in [-0.25, -0.2) is 10.2 Å². The average Bonchev–Trinajstić information content (AvgIpc) is 2.83. The summed E-state index contributed by atoms with van der Waals surface area (Å²) in [6.07, 6.45) is 1.50. The van der Waals surface area contributed by atoms with Gasteiger partial charge < -0.3 is 14.2 Å². The molecule has 0 radical (unpaired) electrons. The maximum atomic E-state index is 12.2. The van der Waals surface area contributed by atoms with Crippen molar-refractivity contribution in [3.63, 3.8) is 0 Å². The van der Waals surface area contributed by atoms with Crippen LogP contribution in [0.15, 0.2) is 71.8 Å². The number of carbonyl (C=O) groups excluding carboxylic acids is 2. The fourth-order valence-corrected chi connectivity index (χ4v) is 3.11. The maximum Gasteiger partial charge on any atom is 0.343 e. The number of nitrogens with one attached hydrogen (secondary N) is 1. The minimum absolute atomic E-state index is 0.138. The van der Waals surface area contributed by atoms with E-state index in [1.165, 1.54) is 6.21 Å². The van der Waals surface area contributed by atoms with E-state index in [9.17, 15) is 9.59 Å². The molecule has 176 valence electrons. The second-order valence-corrected chi connectivity index (χ2v) is 7.96. The van der Waals surface area contributed by atoms with Gasteiger partial charge in [0.2, 0.25) is 0 Å². The molecule has 0 aliphatic carbocycles. The number of benzene rings is 3. The molecule has 34 heavy (non-hydrogen) atoms. The molecule has 0 aromatic heterocycles. The fourth-order valence-electron chi connectivity index (χ4n) is 3.11. The van der Waals surface area contributed by atoms with Gasteiger partial charge in [0, 0.05) is 0 Å². The number of carbonyl (C=O) groups is 2. The zero-order valence-corrected chi connectivity index (χ0v) is 19.7. The standard InChI is InChI=1S/C27H28N2O5/c1-18(2)24-14-5-19(3)15-25(24)33-17-26(30)29-28-16-20-6-10-23(11-7-20)34-27(31)21-8-12-22(32-4)13-9-21/h5-16,18H,17H2,1-4H3,(H,29,30)/b28-16-. The first kappa shape index (κ1) is 24.5. The summed E-state index contributed by atoms with van der Waals surface area (Å²) in [5, 5.41) is 3.96. The Morgan fingerprint density at radius 3 is 2.29 bits per heavy atom. The molecule has 0 heterocycles. The van der Waals surface area contributed by atoms with Gasteiger partial charge in [-0.2, -0.15) is 5.10 Å². The van der Waals surface area contributed by atoms with Gasteiger partial charge in [-0.15, -0.1) is 0 Å². The lowest BCUT2D eigenvalue weighted by molar-refractivity contribution is -0.123. The Balaban J connectivity index is 1.49. The van der Waals surface area contributed by atoms with Gasteiger partial charge in [0.05, 0.1) is 18.9 Å². The first-order valence-electron chi connectivity index (χ1n) is 10.9. The number of ether oxygens (including phenoxy) is 3. The molecule has 0 unspecified atom stereocenters. The van der Waals surface area contributed by atoms with Gasteiger partial charge in [0.25, 0.3) is 5.91 Å². The van der Waals surface area contributed by atoms with Gasteiger partial charge in [-0.3, -0.25) is 4.79 Å². The summed E-state index contributed by atoms with van der Waals surface area (Å²) in [7, 11) is 1.56. The third kappa shape index (κ3) is 6.93. The highest BCUT2D eigenvalue weighted by Gasteiger charge is 2.10. The molecular weight excluding hydrogens is 432 g/mol. The van der Waals surface area contributed by atoms with Crippen LogP contribution >= 0.6 is 0 Å². The molecule has 3 aromatic rings. The summed E-state index contributed by atoms with van der Waals surface area (Å²) in [6, 6.07) is 19.4. The molecule has 0 saturated heterocycles. The third-order valence-electron chi connectivity index (χ3n) is 4.97. The van der Waals surface area contributed by atoms with Gasteiger partial charge >= 0.3 is 5.97 Å². The van der Waals surface area contributed by atoms with E-state index >= 15 is 0 Å². The molecule has 1 amide bonds. The highest BCUT2D eigenvalue weighted by atomic mass is 16.5. The Hall–Kier alpha value is -4.13. The summed E-state index contributed by atoms with van der Waals surface area (Å²) < 4.78 is 16.2. The van der Waals surface area contributed by atoms with Gasteiger partial charge in [0.1, 0.15) is 17.2 Å². The van der Waals surface area contributed by atoms with Crippen LogP contribution in [0.4, 0.5) is 0 Å². The van der Waals surface area contributed by atoms with Crippen molar-refractivity contribution in [2.24, 2.45) is 5.10 Å². The lowest BCUT2D eigenvalue weighted by Gasteiger charge is -2.14. The lowest BCUT2D eigenvalue weighted by atomic mass is 10.0. The SMILES string of the molecule is COc1ccc(C(=O)Oc2ccc(/C=N\NC(=O)COc3cc(C)ccc3C(C)C)cc2)cc1. The van der Waals surface area contributed by atoms with E-state index in [0.717, 1.165) is 16.7 Å². The number of esters is 1. The third-order valence-corrected chi connectivity index (χ3v) is 4.97. The number of hydrazone groups is 1. The number of hydrogen-bond acceptors (Lipinski definition) is 6. The quantitative estimate of drug-likeness (QED) is 0.213. The van der Waals surface area contributed by atoms with Crippen molar-refractivity contribution in [1.82, 2.24) is 5.43 Å². The van der Waals surface area contributed by atoms with E-state index in [4.69, 9.17) is 14.2 Å². The van der Waals surface area contributed by atoms with Crippen LogP contribution in [-0.4, -0.2) is 31.8 Å². The molecule has 0 aliphatic heterocycles. The molecule has 1 N–H and O–H groups in total. The summed E-state index contributed by atoms with van der Waals surface area (Å²) >= 11 is 0. The number of nitrogens with zero attached hydrogens (tertiary/aromatic N) is 1. The molecule has 0 fully saturated rings. The average molecular weight is 461 g/mol. The molecule has 7 heteroatoms. The summed E-state index contributed by atoms with van der Waals surface area (Å²) in [5.74, 6) is 1.22. The second kappa shape index (κ2) is 11.7. The molecule has 0 bridgehead atoms. The summed E-state index contributed by atoms with van der Waals surface area (Å²) in [5.41, 5.74) is 5.72. The first-order chi connectivity index (χ1) is 16.4. The van der Waals surface area contributed by atoms with E-state index in [1.54, 1.807) is 55.6 Å². The lowest BCUT2D eigenvalue weighted by Crippen LogP contribution is -2.25. The number of methoxy groups -OCH3 is 1. The van der Waals surface area contributed by atoms with Crippen LogP contribution < -0.4 is 19.6 Å². The fraction of sp³-hybridized carbons (Fsp3) is 0.222. The van der Waals surface area contributed by atoms with E-state index in [2.05, 4.69) is 24.4 Å². The first-order valence-corrected chi connectivity index (χ1v) is 10.9. The van der Waals surface area contributed by atoms with Crippen molar-refractivity contribution >= 4 is 18.1 Å². The monoisotopic (exact) mass is 460 g/mol.